The molecule has 1 rings (SSSR count). The van der Waals surface area contributed by atoms with E-state index in [1.54, 1.807) is 12.1 Å². The van der Waals surface area contributed by atoms with E-state index in [0.29, 0.717) is 12.6 Å². The topological polar surface area (TPSA) is 24.1 Å². The van der Waals surface area contributed by atoms with Gasteiger partial charge in [0.15, 0.2) is 0 Å². The summed E-state index contributed by atoms with van der Waals surface area (Å²) in [6.45, 7) is 6.74. The lowest BCUT2D eigenvalue weighted by Gasteiger charge is -2.09. The molecule has 0 unspecified atom stereocenters. The Hall–Kier alpha value is -0.640. The van der Waals surface area contributed by atoms with E-state index >= 15 is 0 Å². The predicted octanol–water partition coefficient (Wildman–Crippen LogP) is 2.57. The molecule has 0 bridgehead atoms. The first-order valence-corrected chi connectivity index (χ1v) is 5.85. The summed E-state index contributed by atoms with van der Waals surface area (Å²) in [4.78, 5) is 0. The highest BCUT2D eigenvalue weighted by Gasteiger charge is 2.00. The maximum atomic E-state index is 12.9. The molecule has 0 atom stereocenters. The number of nitrogens with one attached hydrogen (secondary N) is 2. The average Bonchev–Trinajstić information content (AvgIpc) is 2.22. The van der Waals surface area contributed by atoms with Gasteiger partial charge >= 0.3 is 0 Å². The van der Waals surface area contributed by atoms with Crippen LogP contribution >= 0.6 is 11.6 Å². The molecule has 90 valence electrons. The molecule has 0 amide bonds. The fourth-order valence-electron chi connectivity index (χ4n) is 1.33. The van der Waals surface area contributed by atoms with Crippen LogP contribution in [0.4, 0.5) is 4.39 Å². The summed E-state index contributed by atoms with van der Waals surface area (Å²) in [5, 5.41) is 6.74. The van der Waals surface area contributed by atoms with Gasteiger partial charge in [0.1, 0.15) is 5.82 Å². The van der Waals surface area contributed by atoms with Gasteiger partial charge in [-0.2, -0.15) is 0 Å². The zero-order chi connectivity index (χ0) is 12.0. The van der Waals surface area contributed by atoms with E-state index < -0.39 is 0 Å². The first-order valence-electron chi connectivity index (χ1n) is 5.47. The van der Waals surface area contributed by atoms with Crippen molar-refractivity contribution in [2.45, 2.75) is 26.4 Å². The fourth-order valence-corrected chi connectivity index (χ4v) is 1.53. The molecule has 1 aromatic carbocycles. The van der Waals surface area contributed by atoms with Gasteiger partial charge in [-0.3, -0.25) is 0 Å². The minimum Gasteiger partial charge on any atom is -0.313 e. The summed E-state index contributed by atoms with van der Waals surface area (Å²) >= 11 is 5.68. The van der Waals surface area contributed by atoms with Gasteiger partial charge in [0.05, 0.1) is 5.02 Å². The highest BCUT2D eigenvalue weighted by molar-refractivity contribution is 6.30. The average molecular weight is 245 g/mol. The lowest BCUT2D eigenvalue weighted by Crippen LogP contribution is -2.31. The zero-order valence-corrected chi connectivity index (χ0v) is 10.4. The minimum atomic E-state index is -0.369. The SMILES string of the molecule is CC(C)NCCNCc1ccc(F)c(Cl)c1. The maximum absolute atomic E-state index is 12.9. The summed E-state index contributed by atoms with van der Waals surface area (Å²) in [6, 6.07) is 5.29. The van der Waals surface area contributed by atoms with Crippen molar-refractivity contribution in [2.75, 3.05) is 13.1 Å². The fraction of sp³-hybridized carbons (Fsp3) is 0.500. The van der Waals surface area contributed by atoms with Crippen molar-refractivity contribution >= 4 is 11.6 Å². The normalized spacial score (nSPS) is 11.1. The molecule has 0 aliphatic carbocycles. The molecule has 2 nitrogen and oxygen atoms in total. The Balaban J connectivity index is 2.24. The van der Waals surface area contributed by atoms with E-state index in [1.807, 2.05) is 0 Å². The Kier molecular flexibility index (Phi) is 5.74. The second kappa shape index (κ2) is 6.84. The largest absolute Gasteiger partial charge is 0.313 e. The second-order valence-corrected chi connectivity index (χ2v) is 4.44. The summed E-state index contributed by atoms with van der Waals surface area (Å²) in [5.41, 5.74) is 0.996. The molecule has 0 aromatic heterocycles. The van der Waals surface area contributed by atoms with Gasteiger partial charge in [0, 0.05) is 25.7 Å². The van der Waals surface area contributed by atoms with Crippen molar-refractivity contribution in [3.63, 3.8) is 0 Å². The lowest BCUT2D eigenvalue weighted by atomic mass is 10.2. The number of rotatable bonds is 6. The molecule has 1 aromatic rings. The number of hydrogen-bond donors (Lipinski definition) is 2. The van der Waals surface area contributed by atoms with E-state index in [4.69, 9.17) is 11.6 Å². The van der Waals surface area contributed by atoms with Gasteiger partial charge in [0.2, 0.25) is 0 Å². The van der Waals surface area contributed by atoms with E-state index in [9.17, 15) is 4.39 Å². The van der Waals surface area contributed by atoms with Crippen molar-refractivity contribution < 1.29 is 4.39 Å². The Labute approximate surface area is 101 Å². The van der Waals surface area contributed by atoms with Crippen molar-refractivity contribution in [2.24, 2.45) is 0 Å². The highest BCUT2D eigenvalue weighted by Crippen LogP contribution is 2.15. The van der Waals surface area contributed by atoms with E-state index in [1.165, 1.54) is 6.07 Å². The second-order valence-electron chi connectivity index (χ2n) is 4.03. The first kappa shape index (κ1) is 13.4. The smallest absolute Gasteiger partial charge is 0.141 e. The van der Waals surface area contributed by atoms with Crippen LogP contribution in [0.1, 0.15) is 19.4 Å². The van der Waals surface area contributed by atoms with Crippen LogP contribution < -0.4 is 10.6 Å². The van der Waals surface area contributed by atoms with Crippen LogP contribution in [-0.4, -0.2) is 19.1 Å². The third-order valence-electron chi connectivity index (χ3n) is 2.17. The number of benzene rings is 1. The zero-order valence-electron chi connectivity index (χ0n) is 9.69. The van der Waals surface area contributed by atoms with Crippen molar-refractivity contribution in [3.8, 4) is 0 Å². The van der Waals surface area contributed by atoms with E-state index in [-0.39, 0.29) is 10.8 Å². The molecule has 0 heterocycles. The quantitative estimate of drug-likeness (QED) is 0.752. The Morgan fingerprint density at radius 1 is 1.31 bits per heavy atom. The van der Waals surface area contributed by atoms with Crippen LogP contribution in [0.5, 0.6) is 0 Å². The maximum Gasteiger partial charge on any atom is 0.141 e. The van der Waals surface area contributed by atoms with Crippen molar-refractivity contribution in [3.05, 3.63) is 34.6 Å². The van der Waals surface area contributed by atoms with Gasteiger partial charge in [-0.15, -0.1) is 0 Å². The minimum absolute atomic E-state index is 0.180. The van der Waals surface area contributed by atoms with Crippen LogP contribution in [-0.2, 0) is 6.54 Å². The van der Waals surface area contributed by atoms with Crippen LogP contribution in [0, 0.1) is 5.82 Å². The highest BCUT2D eigenvalue weighted by atomic mass is 35.5. The molecule has 0 radical (unpaired) electrons. The first-order chi connectivity index (χ1) is 7.59. The Morgan fingerprint density at radius 2 is 2.06 bits per heavy atom. The predicted molar refractivity (Wildman–Crippen MR) is 66.3 cm³/mol. The molecule has 4 heteroatoms. The van der Waals surface area contributed by atoms with Gasteiger partial charge in [-0.1, -0.05) is 31.5 Å². The van der Waals surface area contributed by atoms with Crippen molar-refractivity contribution in [1.82, 2.24) is 10.6 Å². The van der Waals surface area contributed by atoms with Crippen LogP contribution in [0.2, 0.25) is 5.02 Å². The van der Waals surface area contributed by atoms with Gasteiger partial charge in [-0.25, -0.2) is 4.39 Å². The van der Waals surface area contributed by atoms with Crippen LogP contribution in [0.3, 0.4) is 0 Å². The molecule has 0 saturated carbocycles. The van der Waals surface area contributed by atoms with E-state index in [2.05, 4.69) is 24.5 Å². The van der Waals surface area contributed by atoms with Crippen LogP contribution in [0.15, 0.2) is 18.2 Å². The third-order valence-corrected chi connectivity index (χ3v) is 2.46. The summed E-state index contributed by atoms with van der Waals surface area (Å²) < 4.78 is 12.9. The Morgan fingerprint density at radius 3 is 2.69 bits per heavy atom. The summed E-state index contributed by atoms with van der Waals surface area (Å²) in [7, 11) is 0. The molecular formula is C12H18ClFN2. The van der Waals surface area contributed by atoms with Crippen molar-refractivity contribution in [1.29, 1.82) is 0 Å². The van der Waals surface area contributed by atoms with Crippen LogP contribution in [0.25, 0.3) is 0 Å². The molecular weight excluding hydrogens is 227 g/mol. The third kappa shape index (κ3) is 4.92. The Bertz CT molecular complexity index is 329. The molecule has 0 spiro atoms. The molecule has 0 fully saturated rings. The number of hydrogen-bond acceptors (Lipinski definition) is 2. The van der Waals surface area contributed by atoms with Gasteiger partial charge in [-0.05, 0) is 17.7 Å². The van der Waals surface area contributed by atoms with Gasteiger partial charge < -0.3 is 10.6 Å². The molecule has 0 saturated heterocycles. The molecule has 16 heavy (non-hydrogen) atoms. The van der Waals surface area contributed by atoms with E-state index in [0.717, 1.165) is 18.7 Å². The number of halogens is 2. The summed E-state index contributed by atoms with van der Waals surface area (Å²) in [6.07, 6.45) is 0. The molecule has 0 aliphatic heterocycles. The monoisotopic (exact) mass is 244 g/mol. The molecule has 0 aliphatic rings. The lowest BCUT2D eigenvalue weighted by molar-refractivity contribution is 0.555. The molecule has 2 N–H and O–H groups in total. The standard InChI is InChI=1S/C12H18ClFN2/c1-9(2)16-6-5-15-8-10-3-4-12(14)11(13)7-10/h3-4,7,9,15-16H,5-6,8H2,1-2H3. The van der Waals surface area contributed by atoms with Gasteiger partial charge in [0.25, 0.3) is 0 Å². The summed E-state index contributed by atoms with van der Waals surface area (Å²) in [5.74, 6) is -0.369.